The third kappa shape index (κ3) is 3.97. The number of aliphatic hydroxyl groups is 1. The second-order valence-corrected chi connectivity index (χ2v) is 5.06. The average molecular weight is 202 g/mol. The summed E-state index contributed by atoms with van der Waals surface area (Å²) in [5.41, 5.74) is -1.27. The van der Waals surface area contributed by atoms with Crippen LogP contribution in [0.1, 0.15) is 54.4 Å². The van der Waals surface area contributed by atoms with Crippen molar-refractivity contribution in [1.82, 2.24) is 0 Å². The van der Waals surface area contributed by atoms with Gasteiger partial charge in [0, 0.05) is 0 Å². The molecule has 0 aliphatic heterocycles. The Morgan fingerprint density at radius 2 is 1.50 bits per heavy atom. The number of hydrogen-bond acceptors (Lipinski definition) is 2. The molecule has 2 heteroatoms. The zero-order valence-electron chi connectivity index (χ0n) is 10.6. The van der Waals surface area contributed by atoms with Gasteiger partial charge in [0.25, 0.3) is 0 Å². The first-order valence-electron chi connectivity index (χ1n) is 5.61. The summed E-state index contributed by atoms with van der Waals surface area (Å²) in [6, 6.07) is 0. The van der Waals surface area contributed by atoms with Crippen LogP contribution in [0.5, 0.6) is 0 Å². The first-order chi connectivity index (χ1) is 6.24. The summed E-state index contributed by atoms with van der Waals surface area (Å²) in [6.07, 6.45) is 2.27. The minimum absolute atomic E-state index is 0.477. The molecule has 0 radical (unpaired) electrons. The first-order valence-corrected chi connectivity index (χ1v) is 5.61. The Morgan fingerprint density at radius 1 is 1.07 bits per heavy atom. The van der Waals surface area contributed by atoms with Crippen LogP contribution in [-0.2, 0) is 4.74 Å². The van der Waals surface area contributed by atoms with Crippen LogP contribution in [0.3, 0.4) is 0 Å². The molecule has 0 spiro atoms. The molecule has 86 valence electrons. The van der Waals surface area contributed by atoms with Crippen molar-refractivity contribution in [3.63, 3.8) is 0 Å². The van der Waals surface area contributed by atoms with Crippen molar-refractivity contribution < 1.29 is 9.84 Å². The van der Waals surface area contributed by atoms with Crippen LogP contribution in [0.15, 0.2) is 0 Å². The number of rotatable bonds is 6. The highest BCUT2D eigenvalue weighted by Gasteiger charge is 2.36. The van der Waals surface area contributed by atoms with Crippen molar-refractivity contribution in [3.8, 4) is 0 Å². The molecule has 0 unspecified atom stereocenters. The van der Waals surface area contributed by atoms with E-state index in [1.807, 2.05) is 13.8 Å². The van der Waals surface area contributed by atoms with E-state index in [1.165, 1.54) is 0 Å². The van der Waals surface area contributed by atoms with Gasteiger partial charge >= 0.3 is 0 Å². The second kappa shape index (κ2) is 5.13. The van der Waals surface area contributed by atoms with E-state index < -0.39 is 11.2 Å². The van der Waals surface area contributed by atoms with Gasteiger partial charge in [-0.15, -0.1) is 0 Å². The summed E-state index contributed by atoms with van der Waals surface area (Å²) >= 11 is 0. The molecule has 14 heavy (non-hydrogen) atoms. The van der Waals surface area contributed by atoms with Gasteiger partial charge in [0.15, 0.2) is 0 Å². The van der Waals surface area contributed by atoms with Gasteiger partial charge in [-0.05, 0) is 33.6 Å². The van der Waals surface area contributed by atoms with E-state index >= 15 is 0 Å². The van der Waals surface area contributed by atoms with Crippen molar-refractivity contribution >= 4 is 0 Å². The highest BCUT2D eigenvalue weighted by molar-refractivity contribution is 4.87. The fourth-order valence-corrected chi connectivity index (χ4v) is 1.03. The molecule has 0 amide bonds. The van der Waals surface area contributed by atoms with Gasteiger partial charge < -0.3 is 9.84 Å². The summed E-state index contributed by atoms with van der Waals surface area (Å²) in [5, 5.41) is 9.88. The maximum Gasteiger partial charge on any atom is 0.0906 e. The quantitative estimate of drug-likeness (QED) is 0.717. The van der Waals surface area contributed by atoms with Crippen molar-refractivity contribution in [1.29, 1.82) is 0 Å². The van der Waals surface area contributed by atoms with Gasteiger partial charge in [0.1, 0.15) is 0 Å². The third-order valence-corrected chi connectivity index (χ3v) is 3.31. The van der Waals surface area contributed by atoms with E-state index in [9.17, 15) is 5.11 Å². The summed E-state index contributed by atoms with van der Waals surface area (Å²) in [6.45, 7) is 12.6. The lowest BCUT2D eigenvalue weighted by Gasteiger charge is -2.38. The van der Waals surface area contributed by atoms with Gasteiger partial charge in [0.05, 0.1) is 17.8 Å². The SMILES string of the molecule is CCC(CC)COC(C)(C)C(C)(C)O. The molecule has 0 aromatic heterocycles. The average Bonchev–Trinajstić information content (AvgIpc) is 2.04. The predicted molar refractivity (Wildman–Crippen MR) is 60.4 cm³/mol. The summed E-state index contributed by atoms with van der Waals surface area (Å²) in [4.78, 5) is 0. The molecular weight excluding hydrogens is 176 g/mol. The molecular formula is C12H26O2. The lowest BCUT2D eigenvalue weighted by molar-refractivity contribution is -0.154. The molecule has 0 heterocycles. The van der Waals surface area contributed by atoms with E-state index in [0.29, 0.717) is 5.92 Å². The highest BCUT2D eigenvalue weighted by atomic mass is 16.5. The molecule has 2 nitrogen and oxygen atoms in total. The molecule has 0 aromatic rings. The van der Waals surface area contributed by atoms with Crippen molar-refractivity contribution in [2.45, 2.75) is 65.6 Å². The topological polar surface area (TPSA) is 29.5 Å². The van der Waals surface area contributed by atoms with Crippen molar-refractivity contribution in [2.24, 2.45) is 5.92 Å². The summed E-state index contributed by atoms with van der Waals surface area (Å²) in [7, 11) is 0. The fourth-order valence-electron chi connectivity index (χ4n) is 1.03. The van der Waals surface area contributed by atoms with Crippen LogP contribution < -0.4 is 0 Å². The van der Waals surface area contributed by atoms with Crippen LogP contribution in [0.25, 0.3) is 0 Å². The zero-order valence-corrected chi connectivity index (χ0v) is 10.6. The van der Waals surface area contributed by atoms with Gasteiger partial charge in [-0.1, -0.05) is 26.7 Å². The highest BCUT2D eigenvalue weighted by Crippen LogP contribution is 2.26. The van der Waals surface area contributed by atoms with Crippen molar-refractivity contribution in [2.75, 3.05) is 6.61 Å². The molecule has 1 N–H and O–H groups in total. The van der Waals surface area contributed by atoms with E-state index in [4.69, 9.17) is 4.74 Å². The fraction of sp³-hybridized carbons (Fsp3) is 1.00. The van der Waals surface area contributed by atoms with E-state index in [0.717, 1.165) is 19.4 Å². The predicted octanol–water partition coefficient (Wildman–Crippen LogP) is 2.99. The minimum atomic E-state index is -0.793. The number of ether oxygens (including phenoxy) is 1. The zero-order chi connectivity index (χ0) is 11.4. The van der Waals surface area contributed by atoms with E-state index in [-0.39, 0.29) is 0 Å². The molecule has 0 rings (SSSR count). The van der Waals surface area contributed by atoms with Crippen molar-refractivity contribution in [3.05, 3.63) is 0 Å². The Labute approximate surface area is 88.7 Å². The smallest absolute Gasteiger partial charge is 0.0906 e. The first kappa shape index (κ1) is 13.9. The lowest BCUT2D eigenvalue weighted by Crippen LogP contribution is -2.47. The molecule has 0 fully saturated rings. The molecule has 0 aliphatic rings. The Kier molecular flexibility index (Phi) is 5.10. The molecule has 0 aliphatic carbocycles. The van der Waals surface area contributed by atoms with E-state index in [1.54, 1.807) is 13.8 Å². The van der Waals surface area contributed by atoms with Gasteiger partial charge in [-0.25, -0.2) is 0 Å². The molecule has 0 saturated heterocycles. The summed E-state index contributed by atoms with van der Waals surface area (Å²) in [5.74, 6) is 0.608. The third-order valence-electron chi connectivity index (χ3n) is 3.31. The van der Waals surface area contributed by atoms with E-state index in [2.05, 4.69) is 13.8 Å². The summed E-state index contributed by atoms with van der Waals surface area (Å²) < 4.78 is 5.79. The van der Waals surface area contributed by atoms with Gasteiger partial charge in [0.2, 0.25) is 0 Å². The lowest BCUT2D eigenvalue weighted by atomic mass is 9.89. The van der Waals surface area contributed by atoms with Crippen LogP contribution in [0.4, 0.5) is 0 Å². The normalized spacial score (nSPS) is 13.7. The Bertz CT molecular complexity index is 152. The minimum Gasteiger partial charge on any atom is -0.387 e. The molecule has 0 aromatic carbocycles. The van der Waals surface area contributed by atoms with Crippen LogP contribution in [0, 0.1) is 5.92 Å². The molecule has 0 bridgehead atoms. The standard InChI is InChI=1S/C12H26O2/c1-7-10(8-2)9-14-12(5,6)11(3,4)13/h10,13H,7-9H2,1-6H3. The van der Waals surface area contributed by atoms with Crippen LogP contribution in [0.2, 0.25) is 0 Å². The monoisotopic (exact) mass is 202 g/mol. The Balaban J connectivity index is 4.11. The maximum absolute atomic E-state index is 9.88. The van der Waals surface area contributed by atoms with Gasteiger partial charge in [-0.2, -0.15) is 0 Å². The molecule has 0 atom stereocenters. The second-order valence-electron chi connectivity index (χ2n) is 5.06. The Morgan fingerprint density at radius 3 is 1.79 bits per heavy atom. The number of hydrogen-bond donors (Lipinski definition) is 1. The Hall–Kier alpha value is -0.0800. The van der Waals surface area contributed by atoms with Crippen LogP contribution in [-0.4, -0.2) is 22.9 Å². The molecule has 0 saturated carbocycles. The van der Waals surface area contributed by atoms with Gasteiger partial charge in [-0.3, -0.25) is 0 Å². The maximum atomic E-state index is 9.88. The largest absolute Gasteiger partial charge is 0.387 e. The van der Waals surface area contributed by atoms with Crippen LogP contribution >= 0.6 is 0 Å².